The number of fused-ring (bicyclic) bond motifs is 5. The van der Waals surface area contributed by atoms with Gasteiger partial charge in [-0.2, -0.15) is 0 Å². The fourth-order valence-corrected chi connectivity index (χ4v) is 12.1. The standard InChI is InChI=1S/C47H72O13/c1-27(20-36-43(55)42(54)30(25-58-36)22-37-44(60-37)28(2)29(3)48)21-40(53)57-19-11-9-7-6-8-10-12-39(52)59-26-38(51)47(56)18-16-34-33-14-13-31-23-32(49)15-17-45(31,4)41(33)35(50)24-46(34,47)5/h21,23,28-30,33-37,41-44,48,50,54-56H,6-20,22,24-26H2,1-5H3/t28?,29?,30-,33-,34-,35+,36?,37-,41+,42+,43-,44?,45-,46-,47-/m0/s1. The van der Waals surface area contributed by atoms with Crippen LogP contribution in [0.5, 0.6) is 0 Å². The van der Waals surface area contributed by atoms with E-state index in [0.717, 1.165) is 50.5 Å². The Morgan fingerprint density at radius 3 is 2.40 bits per heavy atom. The highest BCUT2D eigenvalue weighted by molar-refractivity contribution is 5.92. The van der Waals surface area contributed by atoms with E-state index in [1.54, 1.807) is 19.9 Å². The van der Waals surface area contributed by atoms with Crippen molar-refractivity contribution in [3.05, 3.63) is 23.3 Å². The smallest absolute Gasteiger partial charge is 0.330 e. The second-order valence-corrected chi connectivity index (χ2v) is 19.9. The summed E-state index contributed by atoms with van der Waals surface area (Å²) in [5.41, 5.74) is -0.930. The molecule has 13 heteroatoms. The molecule has 2 aliphatic heterocycles. The first-order chi connectivity index (χ1) is 28.4. The van der Waals surface area contributed by atoms with Gasteiger partial charge in [-0.15, -0.1) is 0 Å². The predicted molar refractivity (Wildman–Crippen MR) is 220 cm³/mol. The van der Waals surface area contributed by atoms with E-state index in [4.69, 9.17) is 18.9 Å². The molecule has 0 amide bonds. The second kappa shape index (κ2) is 19.5. The second-order valence-electron chi connectivity index (χ2n) is 19.9. The van der Waals surface area contributed by atoms with Crippen LogP contribution in [0, 0.1) is 40.4 Å². The van der Waals surface area contributed by atoms with Crippen LogP contribution in [0.15, 0.2) is 23.3 Å². The molecule has 15 atom stereocenters. The zero-order valence-corrected chi connectivity index (χ0v) is 36.5. The zero-order valence-electron chi connectivity index (χ0n) is 36.5. The number of rotatable bonds is 19. The first-order valence-electron chi connectivity index (χ1n) is 22.9. The van der Waals surface area contributed by atoms with Gasteiger partial charge in [0.05, 0.1) is 49.8 Å². The SMILES string of the molecule is CC(=CC(=O)OCCCCCCCCC(=O)OCC(=O)[C@@]1(O)CC[C@H]2[C@@H]3CCC4=CC(=O)CC[C@]4(C)[C@H]3[C@H](O)C[C@@]21C)CC1OC[C@H](C[C@@H]2OC2C(C)C(C)O)[C@@H](O)[C@H]1O. The van der Waals surface area contributed by atoms with Gasteiger partial charge in [-0.05, 0) is 107 Å². The van der Waals surface area contributed by atoms with Crippen molar-refractivity contribution in [1.29, 1.82) is 0 Å². The Kier molecular flexibility index (Phi) is 15.2. The Hall–Kier alpha value is -2.52. The van der Waals surface area contributed by atoms with Crippen molar-refractivity contribution in [2.75, 3.05) is 19.8 Å². The predicted octanol–water partition coefficient (Wildman–Crippen LogP) is 4.85. The van der Waals surface area contributed by atoms with Crippen LogP contribution in [0.25, 0.3) is 0 Å². The van der Waals surface area contributed by atoms with E-state index in [1.165, 1.54) is 6.08 Å². The number of aliphatic hydroxyl groups excluding tert-OH is 4. The van der Waals surface area contributed by atoms with Crippen LogP contribution in [-0.4, -0.2) is 117 Å². The van der Waals surface area contributed by atoms with E-state index in [9.17, 15) is 44.7 Å². The van der Waals surface area contributed by atoms with E-state index in [1.807, 2.05) is 13.8 Å². The van der Waals surface area contributed by atoms with Gasteiger partial charge in [-0.3, -0.25) is 14.4 Å². The van der Waals surface area contributed by atoms with Gasteiger partial charge in [-0.25, -0.2) is 4.79 Å². The average Bonchev–Trinajstić information content (AvgIpc) is 3.91. The third kappa shape index (κ3) is 9.98. The van der Waals surface area contributed by atoms with Crippen LogP contribution in [0.1, 0.15) is 137 Å². The molecule has 13 nitrogen and oxygen atoms in total. The van der Waals surface area contributed by atoms with Gasteiger partial charge in [0.2, 0.25) is 5.78 Å². The number of hydrogen-bond acceptors (Lipinski definition) is 13. The molecule has 4 unspecified atom stereocenters. The Bertz CT molecular complexity index is 1620. The number of carbonyl (C=O) groups excluding carboxylic acids is 4. The van der Waals surface area contributed by atoms with Crippen LogP contribution in [0.2, 0.25) is 0 Å². The van der Waals surface area contributed by atoms with Crippen LogP contribution >= 0.6 is 0 Å². The van der Waals surface area contributed by atoms with Crippen LogP contribution in [-0.2, 0) is 38.1 Å². The lowest BCUT2D eigenvalue weighted by Crippen LogP contribution is -2.62. The highest BCUT2D eigenvalue weighted by Crippen LogP contribution is 2.67. The number of carbonyl (C=O) groups is 4. The topological polar surface area (TPSA) is 210 Å². The summed E-state index contributed by atoms with van der Waals surface area (Å²) in [4.78, 5) is 50.8. The summed E-state index contributed by atoms with van der Waals surface area (Å²) in [6, 6.07) is 0. The molecule has 5 N–H and O–H groups in total. The summed E-state index contributed by atoms with van der Waals surface area (Å²) in [7, 11) is 0. The fourth-order valence-electron chi connectivity index (χ4n) is 12.1. The number of aliphatic hydroxyl groups is 5. The lowest BCUT2D eigenvalue weighted by Gasteiger charge is -2.60. The molecular formula is C47H72O13. The normalized spacial score (nSPS) is 39.7. The highest BCUT2D eigenvalue weighted by Gasteiger charge is 2.68. The van der Waals surface area contributed by atoms with Gasteiger partial charge in [0.15, 0.2) is 12.4 Å². The summed E-state index contributed by atoms with van der Waals surface area (Å²) in [6.07, 6.45) is 9.01. The van der Waals surface area contributed by atoms with Gasteiger partial charge in [0, 0.05) is 36.2 Å². The number of hydrogen-bond donors (Lipinski definition) is 5. The minimum Gasteiger partial charge on any atom is -0.463 e. The van der Waals surface area contributed by atoms with Gasteiger partial charge in [-0.1, -0.05) is 57.6 Å². The summed E-state index contributed by atoms with van der Waals surface area (Å²) in [5.74, 6) is -1.37. The van der Waals surface area contributed by atoms with Gasteiger partial charge in [0.1, 0.15) is 11.7 Å². The molecule has 0 bridgehead atoms. The molecule has 2 saturated heterocycles. The van der Waals surface area contributed by atoms with Crippen LogP contribution < -0.4 is 0 Å². The first-order valence-corrected chi connectivity index (χ1v) is 22.9. The summed E-state index contributed by atoms with van der Waals surface area (Å²) < 4.78 is 22.3. The molecule has 6 aliphatic rings. The van der Waals surface area contributed by atoms with Gasteiger partial charge >= 0.3 is 11.9 Å². The lowest BCUT2D eigenvalue weighted by molar-refractivity contribution is -0.184. The van der Waals surface area contributed by atoms with Crippen LogP contribution in [0.4, 0.5) is 0 Å². The Balaban J connectivity index is 0.813. The van der Waals surface area contributed by atoms with E-state index in [0.29, 0.717) is 44.1 Å². The molecule has 2 heterocycles. The molecule has 0 aromatic heterocycles. The molecule has 6 rings (SSSR count). The largest absolute Gasteiger partial charge is 0.463 e. The number of ether oxygens (including phenoxy) is 4. The van der Waals surface area contributed by atoms with Crippen molar-refractivity contribution in [2.24, 2.45) is 40.4 Å². The zero-order chi connectivity index (χ0) is 43.6. The molecule has 338 valence electrons. The van der Waals surface area contributed by atoms with E-state index in [2.05, 4.69) is 6.92 Å². The number of allylic oxidation sites excluding steroid dienone is 1. The number of ketones is 2. The quantitative estimate of drug-likeness (QED) is 0.0510. The van der Waals surface area contributed by atoms with E-state index < -0.39 is 65.9 Å². The highest BCUT2D eigenvalue weighted by atomic mass is 16.6. The van der Waals surface area contributed by atoms with E-state index in [-0.39, 0.29) is 85.5 Å². The third-order valence-corrected chi connectivity index (χ3v) is 16.0. The molecule has 60 heavy (non-hydrogen) atoms. The van der Waals surface area contributed by atoms with Crippen molar-refractivity contribution >= 4 is 23.5 Å². The van der Waals surface area contributed by atoms with Crippen molar-refractivity contribution in [1.82, 2.24) is 0 Å². The molecular weight excluding hydrogens is 773 g/mol. The summed E-state index contributed by atoms with van der Waals surface area (Å²) in [6.45, 7) is 9.59. The number of esters is 2. The average molecular weight is 845 g/mol. The first kappa shape index (κ1) is 47.0. The number of unbranched alkanes of at least 4 members (excludes halogenated alkanes) is 5. The molecule has 4 aliphatic carbocycles. The van der Waals surface area contributed by atoms with Crippen molar-refractivity contribution < 1.29 is 63.7 Å². The Morgan fingerprint density at radius 1 is 0.950 bits per heavy atom. The number of epoxide rings is 1. The fraction of sp³-hybridized carbons (Fsp3) is 0.830. The lowest BCUT2D eigenvalue weighted by atomic mass is 9.45. The Morgan fingerprint density at radius 2 is 1.67 bits per heavy atom. The maximum absolute atomic E-state index is 13.6. The summed E-state index contributed by atoms with van der Waals surface area (Å²) in [5, 5.41) is 54.8. The van der Waals surface area contributed by atoms with Crippen molar-refractivity contribution in [3.63, 3.8) is 0 Å². The third-order valence-electron chi connectivity index (χ3n) is 16.0. The van der Waals surface area contributed by atoms with Crippen molar-refractivity contribution in [3.8, 4) is 0 Å². The number of Topliss-reactive ketones (excluding diaryl/α,β-unsaturated/α-hetero) is 1. The maximum atomic E-state index is 13.6. The minimum atomic E-state index is -1.67. The van der Waals surface area contributed by atoms with Crippen molar-refractivity contribution in [2.45, 2.75) is 186 Å². The molecule has 0 aromatic rings. The van der Waals surface area contributed by atoms with Gasteiger partial charge < -0.3 is 44.5 Å². The molecule has 5 fully saturated rings. The van der Waals surface area contributed by atoms with Crippen LogP contribution in [0.3, 0.4) is 0 Å². The molecule has 0 radical (unpaired) electrons. The molecule has 0 aromatic carbocycles. The molecule has 0 spiro atoms. The Labute approximate surface area is 355 Å². The maximum Gasteiger partial charge on any atom is 0.330 e. The monoisotopic (exact) mass is 844 g/mol. The minimum absolute atomic E-state index is 0.00840. The van der Waals surface area contributed by atoms with Gasteiger partial charge in [0.25, 0.3) is 0 Å². The summed E-state index contributed by atoms with van der Waals surface area (Å²) >= 11 is 0. The van der Waals surface area contributed by atoms with E-state index >= 15 is 0 Å². The molecule has 3 saturated carbocycles.